The molecule has 2 amide bonds. The first-order valence-corrected chi connectivity index (χ1v) is 9.51. The van der Waals surface area contributed by atoms with Crippen LogP contribution >= 0.6 is 0 Å². The molecule has 0 spiro atoms. The van der Waals surface area contributed by atoms with E-state index in [9.17, 15) is 24.0 Å². The van der Waals surface area contributed by atoms with Crippen LogP contribution < -0.4 is 10.6 Å². The van der Waals surface area contributed by atoms with Crippen LogP contribution in [0.4, 0.5) is 0 Å². The van der Waals surface area contributed by atoms with E-state index in [4.69, 9.17) is 4.74 Å². The zero-order chi connectivity index (χ0) is 23.6. The van der Waals surface area contributed by atoms with Crippen LogP contribution in [0.2, 0.25) is 0 Å². The molecule has 1 aromatic carbocycles. The summed E-state index contributed by atoms with van der Waals surface area (Å²) in [6.07, 6.45) is 0.159. The Morgan fingerprint density at radius 2 is 1.35 bits per heavy atom. The van der Waals surface area contributed by atoms with Gasteiger partial charge in [0.2, 0.25) is 11.8 Å². The molecular formula is C21H28N2O8. The van der Waals surface area contributed by atoms with E-state index in [2.05, 4.69) is 20.1 Å². The van der Waals surface area contributed by atoms with Crippen molar-refractivity contribution in [1.29, 1.82) is 0 Å². The van der Waals surface area contributed by atoms with E-state index in [1.807, 2.05) is 6.07 Å². The van der Waals surface area contributed by atoms with Crippen molar-refractivity contribution in [2.24, 2.45) is 11.8 Å². The van der Waals surface area contributed by atoms with E-state index in [-0.39, 0.29) is 6.42 Å². The first-order valence-electron chi connectivity index (χ1n) is 9.51. The Kier molecular flexibility index (Phi) is 10.2. The molecule has 0 saturated carbocycles. The molecular weight excluding hydrogens is 408 g/mol. The fourth-order valence-corrected chi connectivity index (χ4v) is 3.06. The van der Waals surface area contributed by atoms with E-state index in [0.717, 1.165) is 26.9 Å². The van der Waals surface area contributed by atoms with Crippen LogP contribution in [0.25, 0.3) is 0 Å². The van der Waals surface area contributed by atoms with Gasteiger partial charge in [-0.15, -0.1) is 0 Å². The van der Waals surface area contributed by atoms with Crippen LogP contribution in [0.5, 0.6) is 0 Å². The van der Waals surface area contributed by atoms with Gasteiger partial charge in [-0.1, -0.05) is 37.3 Å². The van der Waals surface area contributed by atoms with Crippen molar-refractivity contribution in [3.8, 4) is 0 Å². The van der Waals surface area contributed by atoms with Gasteiger partial charge in [0.15, 0.2) is 5.92 Å². The highest BCUT2D eigenvalue weighted by atomic mass is 16.5. The Hall–Kier alpha value is -3.43. The summed E-state index contributed by atoms with van der Waals surface area (Å²) in [5.41, 5.74) is 0.779. The third-order valence-corrected chi connectivity index (χ3v) is 4.69. The van der Waals surface area contributed by atoms with Crippen LogP contribution in [-0.4, -0.2) is 63.1 Å². The minimum atomic E-state index is -1.48. The number of nitrogens with one attached hydrogen (secondary N) is 2. The van der Waals surface area contributed by atoms with Crippen LogP contribution in [0.1, 0.15) is 19.4 Å². The fraction of sp³-hybridized carbons (Fsp3) is 0.476. The normalized spacial score (nSPS) is 13.4. The summed E-state index contributed by atoms with van der Waals surface area (Å²) in [5, 5.41) is 5.03. The second kappa shape index (κ2) is 12.3. The molecule has 3 atom stereocenters. The largest absolute Gasteiger partial charge is 0.468 e. The maximum absolute atomic E-state index is 13.0. The Labute approximate surface area is 180 Å². The number of esters is 3. The molecule has 0 radical (unpaired) electrons. The number of benzene rings is 1. The van der Waals surface area contributed by atoms with Gasteiger partial charge in [-0.2, -0.15) is 0 Å². The number of carbonyl (C=O) groups is 5. The van der Waals surface area contributed by atoms with E-state index in [0.29, 0.717) is 0 Å². The molecule has 0 fully saturated rings. The highest BCUT2D eigenvalue weighted by Crippen LogP contribution is 2.21. The Morgan fingerprint density at radius 3 is 1.81 bits per heavy atom. The van der Waals surface area contributed by atoms with Crippen LogP contribution in [0.15, 0.2) is 30.3 Å². The first kappa shape index (κ1) is 25.6. The number of methoxy groups -OCH3 is 3. The molecule has 1 aromatic rings. The van der Waals surface area contributed by atoms with Crippen LogP contribution in [0, 0.1) is 11.8 Å². The molecule has 0 heterocycles. The average molecular weight is 436 g/mol. The Morgan fingerprint density at radius 1 is 0.839 bits per heavy atom. The maximum atomic E-state index is 13.0. The molecule has 0 unspecified atom stereocenters. The summed E-state index contributed by atoms with van der Waals surface area (Å²) in [4.78, 5) is 61.2. The SMILES string of the molecule is COC(=O)C(C(=O)OC)[C@@H](C)[C@@H](NC(=O)[C@@H](Cc1ccccc1)NC(C)=O)C(=O)OC. The molecule has 0 aliphatic heterocycles. The van der Waals surface area contributed by atoms with Gasteiger partial charge in [0.25, 0.3) is 0 Å². The molecule has 1 rings (SSSR count). The molecule has 31 heavy (non-hydrogen) atoms. The van der Waals surface area contributed by atoms with Gasteiger partial charge in [-0.05, 0) is 5.56 Å². The summed E-state index contributed by atoms with van der Waals surface area (Å²) < 4.78 is 14.0. The molecule has 0 saturated heterocycles. The molecule has 10 heteroatoms. The Bertz CT molecular complexity index is 780. The lowest BCUT2D eigenvalue weighted by molar-refractivity contribution is -0.163. The standard InChI is InChI=1S/C21H28N2O8/c1-12(16(19(26)29-3)20(27)30-4)17(21(28)31-5)23-18(25)15(22-13(2)24)11-14-9-7-6-8-10-14/h6-10,12,15-17H,11H2,1-5H3,(H,22,24)(H,23,25)/t12-,15-,17-/m1/s1. The topological polar surface area (TPSA) is 137 Å². The van der Waals surface area contributed by atoms with Crippen LogP contribution in [-0.2, 0) is 44.6 Å². The van der Waals surface area contributed by atoms with Crippen molar-refractivity contribution in [2.45, 2.75) is 32.4 Å². The lowest BCUT2D eigenvalue weighted by atomic mass is 9.87. The minimum Gasteiger partial charge on any atom is -0.468 e. The van der Waals surface area contributed by atoms with E-state index in [1.165, 1.54) is 13.8 Å². The Balaban J connectivity index is 3.17. The number of hydrogen-bond donors (Lipinski definition) is 2. The van der Waals surface area contributed by atoms with Gasteiger partial charge in [-0.25, -0.2) is 4.79 Å². The van der Waals surface area contributed by atoms with Crippen LogP contribution in [0.3, 0.4) is 0 Å². The summed E-state index contributed by atoms with van der Waals surface area (Å²) in [6, 6.07) is 6.57. The third-order valence-electron chi connectivity index (χ3n) is 4.69. The first-order chi connectivity index (χ1) is 14.7. The molecule has 0 aliphatic rings. The highest BCUT2D eigenvalue weighted by Gasteiger charge is 2.43. The fourth-order valence-electron chi connectivity index (χ4n) is 3.06. The second-order valence-corrected chi connectivity index (χ2v) is 6.84. The smallest absolute Gasteiger partial charge is 0.328 e. The third kappa shape index (κ3) is 7.40. The number of hydrogen-bond acceptors (Lipinski definition) is 8. The van der Waals surface area contributed by atoms with Crippen molar-refractivity contribution in [3.63, 3.8) is 0 Å². The van der Waals surface area contributed by atoms with Crippen molar-refractivity contribution in [1.82, 2.24) is 10.6 Å². The number of rotatable bonds is 10. The summed E-state index contributed by atoms with van der Waals surface area (Å²) in [5.74, 6) is -6.40. The quantitative estimate of drug-likeness (QED) is 0.297. The second-order valence-electron chi connectivity index (χ2n) is 6.84. The average Bonchev–Trinajstić information content (AvgIpc) is 2.76. The summed E-state index contributed by atoms with van der Waals surface area (Å²) >= 11 is 0. The van der Waals surface area contributed by atoms with E-state index in [1.54, 1.807) is 24.3 Å². The molecule has 170 valence electrons. The number of amides is 2. The summed E-state index contributed by atoms with van der Waals surface area (Å²) in [6.45, 7) is 2.67. The zero-order valence-electron chi connectivity index (χ0n) is 18.2. The van der Waals surface area contributed by atoms with Gasteiger partial charge in [0.05, 0.1) is 21.3 Å². The predicted molar refractivity (Wildman–Crippen MR) is 108 cm³/mol. The lowest BCUT2D eigenvalue weighted by Gasteiger charge is -2.28. The number of carbonyl (C=O) groups excluding carboxylic acids is 5. The van der Waals surface area contributed by atoms with Crippen molar-refractivity contribution in [2.75, 3.05) is 21.3 Å². The van der Waals surface area contributed by atoms with Crippen molar-refractivity contribution in [3.05, 3.63) is 35.9 Å². The van der Waals surface area contributed by atoms with Gasteiger partial charge in [0, 0.05) is 19.3 Å². The highest BCUT2D eigenvalue weighted by molar-refractivity contribution is 5.97. The monoisotopic (exact) mass is 436 g/mol. The summed E-state index contributed by atoms with van der Waals surface area (Å²) in [7, 11) is 3.28. The maximum Gasteiger partial charge on any atom is 0.328 e. The van der Waals surface area contributed by atoms with Gasteiger partial charge in [0.1, 0.15) is 12.1 Å². The zero-order valence-corrected chi connectivity index (χ0v) is 18.2. The van der Waals surface area contributed by atoms with Gasteiger partial charge < -0.3 is 24.8 Å². The molecule has 2 N–H and O–H groups in total. The molecule has 0 bridgehead atoms. The minimum absolute atomic E-state index is 0.159. The van der Waals surface area contributed by atoms with E-state index < -0.39 is 53.6 Å². The predicted octanol–water partition coefficient (Wildman–Crippen LogP) is -0.0101. The van der Waals surface area contributed by atoms with Gasteiger partial charge in [-0.3, -0.25) is 19.2 Å². The van der Waals surface area contributed by atoms with Crippen molar-refractivity contribution < 1.29 is 38.2 Å². The number of ether oxygens (including phenoxy) is 3. The molecule has 0 aromatic heterocycles. The lowest BCUT2D eigenvalue weighted by Crippen LogP contribution is -2.56. The molecule has 0 aliphatic carbocycles. The molecule has 10 nitrogen and oxygen atoms in total. The van der Waals surface area contributed by atoms with Gasteiger partial charge >= 0.3 is 17.9 Å². The van der Waals surface area contributed by atoms with Crippen molar-refractivity contribution >= 4 is 29.7 Å². The van der Waals surface area contributed by atoms with E-state index >= 15 is 0 Å².